The van der Waals surface area contributed by atoms with Crippen molar-refractivity contribution in [1.29, 1.82) is 0 Å². The van der Waals surface area contributed by atoms with Gasteiger partial charge in [-0.25, -0.2) is 0 Å². The summed E-state index contributed by atoms with van der Waals surface area (Å²) in [5, 5.41) is 12.1. The van der Waals surface area contributed by atoms with Gasteiger partial charge in [0.05, 0.1) is 5.92 Å². The Morgan fingerprint density at radius 2 is 2.18 bits per heavy atom. The zero-order chi connectivity index (χ0) is 13.3. The summed E-state index contributed by atoms with van der Waals surface area (Å²) in [5.74, 6) is -1.08. The van der Waals surface area contributed by atoms with Crippen molar-refractivity contribution in [1.82, 2.24) is 5.32 Å². The van der Waals surface area contributed by atoms with Gasteiger partial charge >= 0.3 is 5.97 Å². The summed E-state index contributed by atoms with van der Waals surface area (Å²) < 4.78 is 0. The van der Waals surface area contributed by atoms with Gasteiger partial charge in [0.2, 0.25) is 0 Å². The lowest BCUT2D eigenvalue weighted by molar-refractivity contribution is -0.141. The first-order chi connectivity index (χ1) is 8.04. The zero-order valence-electron chi connectivity index (χ0n) is 10.9. The maximum absolute atomic E-state index is 10.8. The fraction of sp³-hybridized carbons (Fsp3) is 0.500. The molecule has 0 saturated carbocycles. The van der Waals surface area contributed by atoms with Crippen LogP contribution in [0.25, 0.3) is 0 Å². The molecule has 0 bridgehead atoms. The summed E-state index contributed by atoms with van der Waals surface area (Å²) in [6, 6.07) is 0.170. The van der Waals surface area contributed by atoms with Gasteiger partial charge in [0.1, 0.15) is 0 Å². The second kappa shape index (κ2) is 8.76. The Labute approximate surface area is 104 Å². The van der Waals surface area contributed by atoms with E-state index >= 15 is 0 Å². The van der Waals surface area contributed by atoms with Gasteiger partial charge in [-0.1, -0.05) is 37.8 Å². The van der Waals surface area contributed by atoms with E-state index in [4.69, 9.17) is 5.11 Å². The lowest BCUT2D eigenvalue weighted by atomic mass is 9.96. The van der Waals surface area contributed by atoms with Crippen LogP contribution in [0.5, 0.6) is 0 Å². The van der Waals surface area contributed by atoms with Crippen LogP contribution < -0.4 is 5.32 Å². The first-order valence-corrected chi connectivity index (χ1v) is 5.89. The van der Waals surface area contributed by atoms with Crippen molar-refractivity contribution in [2.45, 2.75) is 32.7 Å². The third kappa shape index (κ3) is 6.74. The number of hydrogen-bond acceptors (Lipinski definition) is 2. The molecule has 0 aliphatic rings. The van der Waals surface area contributed by atoms with Gasteiger partial charge in [0.25, 0.3) is 0 Å². The van der Waals surface area contributed by atoms with Gasteiger partial charge < -0.3 is 10.4 Å². The number of hydrogen-bond donors (Lipinski definition) is 2. The maximum Gasteiger partial charge on any atom is 0.306 e. The van der Waals surface area contributed by atoms with Crippen molar-refractivity contribution in [2.24, 2.45) is 5.92 Å². The number of rotatable bonds is 8. The van der Waals surface area contributed by atoms with E-state index in [2.05, 4.69) is 11.9 Å². The van der Waals surface area contributed by atoms with Crippen LogP contribution in [0.4, 0.5) is 0 Å². The van der Waals surface area contributed by atoms with E-state index in [9.17, 15) is 4.79 Å². The molecular formula is C14H23NO2. The van der Waals surface area contributed by atoms with Crippen LogP contribution in [-0.4, -0.2) is 24.2 Å². The molecule has 3 heteroatoms. The topological polar surface area (TPSA) is 49.3 Å². The third-order valence-corrected chi connectivity index (χ3v) is 2.66. The van der Waals surface area contributed by atoms with Gasteiger partial charge in [-0.05, 0) is 32.4 Å². The van der Waals surface area contributed by atoms with E-state index in [0.29, 0.717) is 6.42 Å². The van der Waals surface area contributed by atoms with Gasteiger partial charge in [0, 0.05) is 6.04 Å². The van der Waals surface area contributed by atoms with Crippen molar-refractivity contribution in [3.63, 3.8) is 0 Å². The monoisotopic (exact) mass is 237 g/mol. The van der Waals surface area contributed by atoms with Crippen molar-refractivity contribution >= 4 is 5.97 Å². The second-order valence-electron chi connectivity index (χ2n) is 4.14. The average molecular weight is 237 g/mol. The molecule has 0 heterocycles. The predicted molar refractivity (Wildman–Crippen MR) is 72.0 cm³/mol. The average Bonchev–Trinajstić information content (AvgIpc) is 2.28. The minimum absolute atomic E-state index is 0.170. The highest BCUT2D eigenvalue weighted by molar-refractivity contribution is 5.69. The molecule has 0 rings (SSSR count). The molecule has 2 atom stereocenters. The number of allylic oxidation sites excluding steroid dienone is 4. The van der Waals surface area contributed by atoms with Crippen LogP contribution in [0.3, 0.4) is 0 Å². The summed E-state index contributed by atoms with van der Waals surface area (Å²) in [6.07, 6.45) is 9.14. The molecule has 96 valence electrons. The van der Waals surface area contributed by atoms with E-state index in [-0.39, 0.29) is 12.0 Å². The minimum Gasteiger partial charge on any atom is -0.481 e. The molecule has 2 N–H and O–H groups in total. The van der Waals surface area contributed by atoms with Crippen LogP contribution in [0.1, 0.15) is 26.7 Å². The van der Waals surface area contributed by atoms with E-state index in [0.717, 1.165) is 12.0 Å². The maximum atomic E-state index is 10.8. The first kappa shape index (κ1) is 15.7. The number of carbonyl (C=O) groups is 1. The molecule has 0 saturated heterocycles. The second-order valence-corrected chi connectivity index (χ2v) is 4.14. The highest BCUT2D eigenvalue weighted by Gasteiger charge is 2.17. The minimum atomic E-state index is -0.745. The standard InChI is InChI=1S/C14H23NO2/c1-5-7-12(8-6-2)10-13(15-4)9-11(3)14(16)17/h5-8,11,13,15H,1,9-10H2,2-4H3,(H,16,17)/b8-6-,12-7+. The van der Waals surface area contributed by atoms with E-state index < -0.39 is 5.97 Å². The smallest absolute Gasteiger partial charge is 0.306 e. The zero-order valence-corrected chi connectivity index (χ0v) is 10.9. The largest absolute Gasteiger partial charge is 0.481 e. The highest BCUT2D eigenvalue weighted by atomic mass is 16.4. The molecule has 0 amide bonds. The van der Waals surface area contributed by atoms with Gasteiger partial charge in [-0.3, -0.25) is 4.79 Å². The third-order valence-electron chi connectivity index (χ3n) is 2.66. The Bertz CT molecular complexity index is 305. The van der Waals surface area contributed by atoms with Crippen LogP contribution in [0, 0.1) is 5.92 Å². The molecule has 0 radical (unpaired) electrons. The molecule has 0 spiro atoms. The van der Waals surface area contributed by atoms with Crippen molar-refractivity contribution in [3.05, 3.63) is 36.5 Å². The Hall–Kier alpha value is -1.35. The quantitative estimate of drug-likeness (QED) is 0.638. The van der Waals surface area contributed by atoms with Crippen LogP contribution >= 0.6 is 0 Å². The predicted octanol–water partition coefficient (Wildman–Crippen LogP) is 2.76. The molecule has 2 unspecified atom stereocenters. The van der Waals surface area contributed by atoms with E-state index in [1.807, 2.05) is 32.2 Å². The van der Waals surface area contributed by atoms with Gasteiger partial charge in [-0.15, -0.1) is 0 Å². The van der Waals surface area contributed by atoms with Crippen molar-refractivity contribution in [3.8, 4) is 0 Å². The Balaban J connectivity index is 4.51. The fourth-order valence-electron chi connectivity index (χ4n) is 1.67. The summed E-state index contributed by atoms with van der Waals surface area (Å²) >= 11 is 0. The normalized spacial score (nSPS) is 15.8. The molecule has 0 aromatic carbocycles. The van der Waals surface area contributed by atoms with E-state index in [1.54, 1.807) is 13.0 Å². The van der Waals surface area contributed by atoms with Crippen LogP contribution in [0.2, 0.25) is 0 Å². The summed E-state index contributed by atoms with van der Waals surface area (Å²) in [4.78, 5) is 10.8. The number of nitrogens with one attached hydrogen (secondary N) is 1. The van der Waals surface area contributed by atoms with Gasteiger partial charge in [-0.2, -0.15) is 0 Å². The van der Waals surface area contributed by atoms with Crippen LogP contribution in [-0.2, 0) is 4.79 Å². The number of carboxylic acid groups (broad SMARTS) is 1. The summed E-state index contributed by atoms with van der Waals surface area (Å²) in [5.41, 5.74) is 1.15. The lowest BCUT2D eigenvalue weighted by Gasteiger charge is -2.18. The summed E-state index contributed by atoms with van der Waals surface area (Å²) in [6.45, 7) is 7.38. The first-order valence-electron chi connectivity index (χ1n) is 5.89. The van der Waals surface area contributed by atoms with Crippen molar-refractivity contribution in [2.75, 3.05) is 7.05 Å². The molecule has 3 nitrogen and oxygen atoms in total. The highest BCUT2D eigenvalue weighted by Crippen LogP contribution is 2.15. The molecule has 0 aliphatic heterocycles. The molecule has 0 aromatic rings. The van der Waals surface area contributed by atoms with E-state index in [1.165, 1.54) is 0 Å². The number of aliphatic carboxylic acids is 1. The molecule has 0 aromatic heterocycles. The van der Waals surface area contributed by atoms with Crippen molar-refractivity contribution < 1.29 is 9.90 Å². The molecular weight excluding hydrogens is 214 g/mol. The lowest BCUT2D eigenvalue weighted by Crippen LogP contribution is -2.29. The van der Waals surface area contributed by atoms with Crippen LogP contribution in [0.15, 0.2) is 36.5 Å². The SMILES string of the molecule is C=C/C=C(\C=C/C)CC(CC(C)C(=O)O)NC. The fourth-order valence-corrected chi connectivity index (χ4v) is 1.67. The Kier molecular flexibility index (Phi) is 8.07. The Morgan fingerprint density at radius 3 is 2.59 bits per heavy atom. The van der Waals surface area contributed by atoms with Gasteiger partial charge in [0.15, 0.2) is 0 Å². The number of carboxylic acids is 1. The Morgan fingerprint density at radius 1 is 1.53 bits per heavy atom. The molecule has 0 fully saturated rings. The summed E-state index contributed by atoms with van der Waals surface area (Å²) in [7, 11) is 1.86. The molecule has 0 aliphatic carbocycles. The molecule has 17 heavy (non-hydrogen) atoms.